The van der Waals surface area contributed by atoms with Gasteiger partial charge in [0.2, 0.25) is 0 Å². The van der Waals surface area contributed by atoms with Gasteiger partial charge in [-0.25, -0.2) is 4.98 Å². The highest BCUT2D eigenvalue weighted by Gasteiger charge is 2.08. The van der Waals surface area contributed by atoms with Gasteiger partial charge in [0, 0.05) is 33.0 Å². The van der Waals surface area contributed by atoms with Crippen molar-refractivity contribution in [3.05, 3.63) is 23.9 Å². The molecule has 0 aromatic carbocycles. The van der Waals surface area contributed by atoms with Gasteiger partial charge >= 0.3 is 0 Å². The first-order chi connectivity index (χ1) is 8.15. The predicted molar refractivity (Wildman–Crippen MR) is 66.2 cm³/mol. The molecule has 0 spiro atoms. The van der Waals surface area contributed by atoms with Crippen molar-refractivity contribution in [2.75, 3.05) is 45.9 Å². The third kappa shape index (κ3) is 4.68. The van der Waals surface area contributed by atoms with Gasteiger partial charge in [0.05, 0.1) is 19.8 Å². The van der Waals surface area contributed by atoms with E-state index in [2.05, 4.69) is 4.98 Å². The number of aliphatic hydroxyl groups excluding tert-OH is 1. The van der Waals surface area contributed by atoms with Crippen LogP contribution in [0.4, 0.5) is 5.82 Å². The van der Waals surface area contributed by atoms with Crippen LogP contribution in [0.1, 0.15) is 11.7 Å². The molecular formula is C12H20N2O3. The molecule has 0 fully saturated rings. The van der Waals surface area contributed by atoms with E-state index < -0.39 is 6.10 Å². The van der Waals surface area contributed by atoms with E-state index in [0.717, 1.165) is 11.4 Å². The molecule has 5 nitrogen and oxygen atoms in total. The van der Waals surface area contributed by atoms with Gasteiger partial charge in [-0.2, -0.15) is 0 Å². The maximum Gasteiger partial charge on any atom is 0.127 e. The van der Waals surface area contributed by atoms with Gasteiger partial charge in [0.25, 0.3) is 0 Å². The van der Waals surface area contributed by atoms with Crippen molar-refractivity contribution in [1.82, 2.24) is 4.98 Å². The van der Waals surface area contributed by atoms with E-state index in [9.17, 15) is 5.11 Å². The number of anilines is 1. The molecule has 1 atom stereocenters. The number of aliphatic hydroxyl groups is 1. The maximum atomic E-state index is 9.83. The van der Waals surface area contributed by atoms with E-state index in [1.165, 1.54) is 0 Å². The minimum Gasteiger partial charge on any atom is -0.386 e. The maximum absolute atomic E-state index is 9.83. The molecule has 0 aliphatic carbocycles. The zero-order valence-corrected chi connectivity index (χ0v) is 10.6. The number of methoxy groups -OCH3 is 1. The summed E-state index contributed by atoms with van der Waals surface area (Å²) in [6.07, 6.45) is 1.02. The molecule has 5 heteroatoms. The van der Waals surface area contributed by atoms with Crippen LogP contribution >= 0.6 is 0 Å². The lowest BCUT2D eigenvalue weighted by atomic mass is 10.2. The molecule has 1 heterocycles. The van der Waals surface area contributed by atoms with E-state index in [1.807, 2.05) is 31.1 Å². The zero-order valence-electron chi connectivity index (χ0n) is 10.6. The number of rotatable bonds is 7. The fraction of sp³-hybridized carbons (Fsp3) is 0.583. The van der Waals surface area contributed by atoms with Crippen molar-refractivity contribution >= 4 is 5.82 Å². The second-order valence-corrected chi connectivity index (χ2v) is 3.93. The SMILES string of the molecule is COCCOCC(O)c1ccc(N(C)C)nc1. The van der Waals surface area contributed by atoms with Crippen LogP contribution in [0.3, 0.4) is 0 Å². The van der Waals surface area contributed by atoms with Gasteiger partial charge in [0.15, 0.2) is 0 Å². The van der Waals surface area contributed by atoms with Gasteiger partial charge in [-0.1, -0.05) is 6.07 Å². The second kappa shape index (κ2) is 7.21. The summed E-state index contributed by atoms with van der Waals surface area (Å²) in [7, 11) is 5.46. The Bertz CT molecular complexity index is 314. The van der Waals surface area contributed by atoms with Crippen LogP contribution in [0.15, 0.2) is 18.3 Å². The monoisotopic (exact) mass is 240 g/mol. The summed E-state index contributed by atoms with van der Waals surface area (Å²) in [5.41, 5.74) is 0.757. The lowest BCUT2D eigenvalue weighted by molar-refractivity contribution is 0.0125. The quantitative estimate of drug-likeness (QED) is 0.716. The molecule has 0 saturated carbocycles. The van der Waals surface area contributed by atoms with E-state index in [0.29, 0.717) is 13.2 Å². The average Bonchev–Trinajstić information content (AvgIpc) is 2.34. The molecule has 1 aromatic rings. The Labute approximate surface area is 102 Å². The summed E-state index contributed by atoms with van der Waals surface area (Å²) in [6.45, 7) is 1.27. The highest BCUT2D eigenvalue weighted by molar-refractivity contribution is 5.37. The molecule has 17 heavy (non-hydrogen) atoms. The van der Waals surface area contributed by atoms with Crippen molar-refractivity contribution in [1.29, 1.82) is 0 Å². The van der Waals surface area contributed by atoms with Gasteiger partial charge < -0.3 is 19.5 Å². The van der Waals surface area contributed by atoms with Gasteiger partial charge in [-0.05, 0) is 6.07 Å². The highest BCUT2D eigenvalue weighted by Crippen LogP contribution is 2.15. The third-order valence-corrected chi connectivity index (χ3v) is 2.32. The number of hydrogen-bond acceptors (Lipinski definition) is 5. The first-order valence-corrected chi connectivity index (χ1v) is 5.53. The Hall–Kier alpha value is -1.17. The Morgan fingerprint density at radius 3 is 2.65 bits per heavy atom. The topological polar surface area (TPSA) is 54.8 Å². The predicted octanol–water partition coefficient (Wildman–Crippen LogP) is 0.844. The molecule has 1 aromatic heterocycles. The van der Waals surface area contributed by atoms with E-state index in [-0.39, 0.29) is 6.61 Å². The van der Waals surface area contributed by atoms with Crippen molar-refractivity contribution < 1.29 is 14.6 Å². The van der Waals surface area contributed by atoms with E-state index in [4.69, 9.17) is 9.47 Å². The van der Waals surface area contributed by atoms with Gasteiger partial charge in [-0.3, -0.25) is 0 Å². The van der Waals surface area contributed by atoms with E-state index in [1.54, 1.807) is 13.3 Å². The minimum atomic E-state index is -0.643. The Morgan fingerprint density at radius 1 is 1.35 bits per heavy atom. The summed E-state index contributed by atoms with van der Waals surface area (Å²) < 4.78 is 10.1. The average molecular weight is 240 g/mol. The van der Waals surface area contributed by atoms with E-state index >= 15 is 0 Å². The first kappa shape index (κ1) is 13.9. The standard InChI is InChI=1S/C12H20N2O3/c1-14(2)12-5-4-10(8-13-12)11(15)9-17-7-6-16-3/h4-5,8,11,15H,6-7,9H2,1-3H3. The van der Waals surface area contributed by atoms with Crippen LogP contribution in [0, 0.1) is 0 Å². The van der Waals surface area contributed by atoms with Crippen LogP contribution < -0.4 is 4.90 Å². The van der Waals surface area contributed by atoms with Crippen LogP contribution in [0.5, 0.6) is 0 Å². The number of aromatic nitrogens is 1. The lowest BCUT2D eigenvalue weighted by Gasteiger charge is -2.14. The molecular weight excluding hydrogens is 220 g/mol. The molecule has 1 N–H and O–H groups in total. The molecule has 0 aliphatic rings. The molecule has 0 bridgehead atoms. The smallest absolute Gasteiger partial charge is 0.127 e. The van der Waals surface area contributed by atoms with Crippen LogP contribution in [-0.2, 0) is 9.47 Å². The Kier molecular flexibility index (Phi) is 5.90. The Morgan fingerprint density at radius 2 is 2.12 bits per heavy atom. The number of ether oxygens (including phenoxy) is 2. The normalized spacial score (nSPS) is 12.5. The van der Waals surface area contributed by atoms with Crippen LogP contribution in [0.25, 0.3) is 0 Å². The molecule has 0 amide bonds. The summed E-state index contributed by atoms with van der Waals surface area (Å²) in [5, 5.41) is 9.83. The molecule has 1 rings (SSSR count). The first-order valence-electron chi connectivity index (χ1n) is 5.53. The minimum absolute atomic E-state index is 0.256. The summed E-state index contributed by atoms with van der Waals surface area (Å²) in [6, 6.07) is 3.72. The van der Waals surface area contributed by atoms with Crippen molar-refractivity contribution in [2.45, 2.75) is 6.10 Å². The highest BCUT2D eigenvalue weighted by atomic mass is 16.5. The molecule has 0 aliphatic heterocycles. The second-order valence-electron chi connectivity index (χ2n) is 3.93. The molecule has 1 unspecified atom stereocenters. The fourth-order valence-electron chi connectivity index (χ4n) is 1.29. The zero-order chi connectivity index (χ0) is 12.7. The van der Waals surface area contributed by atoms with Crippen LogP contribution in [0.2, 0.25) is 0 Å². The molecule has 0 radical (unpaired) electrons. The Balaban J connectivity index is 2.43. The lowest BCUT2D eigenvalue weighted by Crippen LogP contribution is -2.13. The summed E-state index contributed by atoms with van der Waals surface area (Å²) >= 11 is 0. The third-order valence-electron chi connectivity index (χ3n) is 2.32. The number of pyridine rings is 1. The van der Waals surface area contributed by atoms with Crippen LogP contribution in [-0.4, -0.2) is 51.1 Å². The van der Waals surface area contributed by atoms with Crippen molar-refractivity contribution in [2.24, 2.45) is 0 Å². The fourth-order valence-corrected chi connectivity index (χ4v) is 1.29. The number of hydrogen-bond donors (Lipinski definition) is 1. The van der Waals surface area contributed by atoms with Crippen molar-refractivity contribution in [3.8, 4) is 0 Å². The number of nitrogens with zero attached hydrogens (tertiary/aromatic N) is 2. The summed E-state index contributed by atoms with van der Waals surface area (Å²) in [4.78, 5) is 6.14. The molecule has 0 saturated heterocycles. The van der Waals surface area contributed by atoms with Gasteiger partial charge in [-0.15, -0.1) is 0 Å². The summed E-state index contributed by atoms with van der Waals surface area (Å²) in [5.74, 6) is 0.862. The largest absolute Gasteiger partial charge is 0.386 e. The van der Waals surface area contributed by atoms with Crippen molar-refractivity contribution in [3.63, 3.8) is 0 Å². The van der Waals surface area contributed by atoms with Gasteiger partial charge in [0.1, 0.15) is 11.9 Å². The molecule has 96 valence electrons.